The molecule has 0 heterocycles. The van der Waals surface area contributed by atoms with Gasteiger partial charge in [-0.05, 0) is 54.8 Å². The molecule has 0 aliphatic heterocycles. The van der Waals surface area contributed by atoms with Crippen molar-refractivity contribution in [2.75, 3.05) is 0 Å². The lowest BCUT2D eigenvalue weighted by Gasteiger charge is -2.27. The van der Waals surface area contributed by atoms with Gasteiger partial charge in [-0.2, -0.15) is 0 Å². The summed E-state index contributed by atoms with van der Waals surface area (Å²) in [6, 6.07) is 0. The van der Waals surface area contributed by atoms with Gasteiger partial charge in [-0.3, -0.25) is 0 Å². The fourth-order valence-electron chi connectivity index (χ4n) is 4.10. The summed E-state index contributed by atoms with van der Waals surface area (Å²) in [6.45, 7) is 0. The van der Waals surface area contributed by atoms with Crippen molar-refractivity contribution in [2.24, 2.45) is 29.1 Å². The van der Waals surface area contributed by atoms with Crippen LogP contribution in [0.25, 0.3) is 0 Å². The molecule has 4 rings (SSSR count). The van der Waals surface area contributed by atoms with Gasteiger partial charge in [0.25, 0.3) is 0 Å². The quantitative estimate of drug-likeness (QED) is 0.459. The Morgan fingerprint density at radius 1 is 1.22 bits per heavy atom. The van der Waals surface area contributed by atoms with E-state index in [2.05, 4.69) is 0 Å². The zero-order chi connectivity index (χ0) is 5.64. The normalized spacial score (nSPS) is 69.3. The monoisotopic (exact) mass is 120 g/mol. The lowest BCUT2D eigenvalue weighted by atomic mass is 9.78. The van der Waals surface area contributed by atoms with E-state index in [4.69, 9.17) is 0 Å². The summed E-state index contributed by atoms with van der Waals surface area (Å²) in [6.07, 6.45) is 6.51. The standard InChI is InChI=1S/C9H12/c1-2-9(1)4-5-3-6-7(5)8(6)9/h5-8H,1-4H2/t5-,6-,7+,8-/m1/s1. The van der Waals surface area contributed by atoms with Crippen LogP contribution in [-0.2, 0) is 0 Å². The maximum Gasteiger partial charge on any atom is -0.0260 e. The average Bonchev–Trinajstić information content (AvgIpc) is 2.60. The maximum atomic E-state index is 1.65. The van der Waals surface area contributed by atoms with Crippen molar-refractivity contribution in [3.63, 3.8) is 0 Å². The van der Waals surface area contributed by atoms with Crippen molar-refractivity contribution in [1.29, 1.82) is 0 Å². The van der Waals surface area contributed by atoms with Crippen LogP contribution in [0.4, 0.5) is 0 Å². The van der Waals surface area contributed by atoms with Gasteiger partial charge in [0.05, 0.1) is 0 Å². The molecule has 0 aromatic heterocycles. The summed E-state index contributed by atoms with van der Waals surface area (Å²) in [5.41, 5.74) is 0.998. The van der Waals surface area contributed by atoms with Crippen LogP contribution in [0.15, 0.2) is 0 Å². The summed E-state index contributed by atoms with van der Waals surface area (Å²) in [5.74, 6) is 5.07. The second-order valence-electron chi connectivity index (χ2n) is 4.83. The Hall–Kier alpha value is 0. The third-order valence-corrected chi connectivity index (χ3v) is 4.62. The molecule has 0 heteroatoms. The molecule has 0 N–H and O–H groups in total. The summed E-state index contributed by atoms with van der Waals surface area (Å²) in [4.78, 5) is 0. The zero-order valence-corrected chi connectivity index (χ0v) is 5.64. The van der Waals surface area contributed by atoms with Crippen LogP contribution >= 0.6 is 0 Å². The van der Waals surface area contributed by atoms with Gasteiger partial charge in [-0.15, -0.1) is 0 Å². The van der Waals surface area contributed by atoms with E-state index >= 15 is 0 Å². The van der Waals surface area contributed by atoms with Crippen LogP contribution in [0.2, 0.25) is 0 Å². The van der Waals surface area contributed by atoms with Crippen LogP contribution in [-0.4, -0.2) is 0 Å². The Kier molecular flexibility index (Phi) is 0.360. The summed E-state index contributed by atoms with van der Waals surface area (Å²) < 4.78 is 0. The van der Waals surface area contributed by atoms with E-state index in [1.54, 1.807) is 25.7 Å². The van der Waals surface area contributed by atoms with Crippen LogP contribution in [0.1, 0.15) is 25.7 Å². The topological polar surface area (TPSA) is 0 Å². The summed E-state index contributed by atoms with van der Waals surface area (Å²) >= 11 is 0. The smallest absolute Gasteiger partial charge is 0.0260 e. The maximum absolute atomic E-state index is 1.65. The van der Waals surface area contributed by atoms with Gasteiger partial charge in [0, 0.05) is 0 Å². The first-order valence-corrected chi connectivity index (χ1v) is 4.41. The Morgan fingerprint density at radius 2 is 2.11 bits per heavy atom. The second-order valence-corrected chi connectivity index (χ2v) is 4.83. The van der Waals surface area contributed by atoms with Gasteiger partial charge in [0.1, 0.15) is 0 Å². The third kappa shape index (κ3) is 0.249. The van der Waals surface area contributed by atoms with Gasteiger partial charge >= 0.3 is 0 Å². The van der Waals surface area contributed by atoms with E-state index in [9.17, 15) is 0 Å². The summed E-state index contributed by atoms with van der Waals surface area (Å²) in [5, 5.41) is 0. The Balaban J connectivity index is 1.88. The van der Waals surface area contributed by atoms with Crippen molar-refractivity contribution < 1.29 is 0 Å². The Labute approximate surface area is 55.6 Å². The van der Waals surface area contributed by atoms with Crippen molar-refractivity contribution in [2.45, 2.75) is 25.7 Å². The first-order valence-electron chi connectivity index (χ1n) is 4.41. The minimum atomic E-state index is 0.998. The average molecular weight is 120 g/mol. The molecule has 0 saturated heterocycles. The van der Waals surface area contributed by atoms with Gasteiger partial charge in [-0.25, -0.2) is 0 Å². The van der Waals surface area contributed by atoms with Crippen LogP contribution in [0, 0.1) is 29.1 Å². The molecule has 4 aliphatic carbocycles. The van der Waals surface area contributed by atoms with Crippen LogP contribution in [0.5, 0.6) is 0 Å². The molecule has 1 spiro atoms. The predicted molar refractivity (Wildman–Crippen MR) is 34.9 cm³/mol. The fraction of sp³-hybridized carbons (Fsp3) is 1.00. The van der Waals surface area contributed by atoms with E-state index < -0.39 is 0 Å². The molecule has 0 radical (unpaired) electrons. The highest BCUT2D eigenvalue weighted by molar-refractivity contribution is 5.26. The minimum absolute atomic E-state index is 0.998. The molecule has 0 bridgehead atoms. The molecule has 0 aromatic carbocycles. The number of rotatable bonds is 0. The zero-order valence-electron chi connectivity index (χ0n) is 5.64. The third-order valence-electron chi connectivity index (χ3n) is 4.62. The van der Waals surface area contributed by atoms with E-state index in [0.717, 1.165) is 5.41 Å². The number of hydrogen-bond donors (Lipinski definition) is 0. The SMILES string of the molecule is C1[C@@H]2CC3(CC3)[C@@H]3[C@H]1[C@H]23. The van der Waals surface area contributed by atoms with Crippen LogP contribution < -0.4 is 0 Å². The summed E-state index contributed by atoms with van der Waals surface area (Å²) in [7, 11) is 0. The van der Waals surface area contributed by atoms with Crippen molar-refractivity contribution >= 4 is 0 Å². The molecular weight excluding hydrogens is 108 g/mol. The molecule has 0 unspecified atom stereocenters. The van der Waals surface area contributed by atoms with Crippen molar-refractivity contribution in [3.8, 4) is 0 Å². The van der Waals surface area contributed by atoms with Gasteiger partial charge in [0.2, 0.25) is 0 Å². The van der Waals surface area contributed by atoms with Gasteiger partial charge in [-0.1, -0.05) is 0 Å². The highest BCUT2D eigenvalue weighted by Gasteiger charge is 2.78. The van der Waals surface area contributed by atoms with E-state index in [-0.39, 0.29) is 0 Å². The van der Waals surface area contributed by atoms with E-state index in [1.165, 1.54) is 23.7 Å². The molecule has 0 amide bonds. The Bertz CT molecular complexity index is 190. The fourth-order valence-corrected chi connectivity index (χ4v) is 4.10. The number of fused-ring (bicyclic) bond motifs is 2. The largest absolute Gasteiger partial charge is 0.0468 e. The molecule has 0 aromatic rings. The lowest BCUT2D eigenvalue weighted by molar-refractivity contribution is 0.220. The predicted octanol–water partition coefficient (Wildman–Crippen LogP) is 2.05. The first kappa shape index (κ1) is 4.00. The lowest BCUT2D eigenvalue weighted by Crippen LogP contribution is -2.19. The highest BCUT2D eigenvalue weighted by atomic mass is 14.8. The van der Waals surface area contributed by atoms with Gasteiger partial charge in [0.15, 0.2) is 0 Å². The number of hydrogen-bond acceptors (Lipinski definition) is 0. The molecule has 48 valence electrons. The first-order chi connectivity index (χ1) is 4.41. The van der Waals surface area contributed by atoms with Crippen LogP contribution in [0.3, 0.4) is 0 Å². The molecule has 9 heavy (non-hydrogen) atoms. The minimum Gasteiger partial charge on any atom is -0.0468 e. The van der Waals surface area contributed by atoms with Gasteiger partial charge < -0.3 is 0 Å². The Morgan fingerprint density at radius 3 is 2.44 bits per heavy atom. The highest BCUT2D eigenvalue weighted by Crippen LogP contribution is 2.85. The molecule has 4 fully saturated rings. The molecule has 4 aliphatic rings. The van der Waals surface area contributed by atoms with E-state index in [1.807, 2.05) is 0 Å². The molecule has 0 nitrogen and oxygen atoms in total. The van der Waals surface area contributed by atoms with Crippen molar-refractivity contribution in [1.82, 2.24) is 0 Å². The second kappa shape index (κ2) is 0.810. The van der Waals surface area contributed by atoms with E-state index in [0.29, 0.717) is 0 Å². The molecule has 4 atom stereocenters. The molecule has 4 saturated carbocycles. The molecular formula is C9H12. The van der Waals surface area contributed by atoms with Crippen molar-refractivity contribution in [3.05, 3.63) is 0 Å².